The summed E-state index contributed by atoms with van der Waals surface area (Å²) in [5, 5.41) is 19.9. The Bertz CT molecular complexity index is 866. The highest BCUT2D eigenvalue weighted by molar-refractivity contribution is 6.31. The first-order chi connectivity index (χ1) is 14.0. The molecule has 2 N–H and O–H groups in total. The molecule has 0 saturated carbocycles. The molecule has 0 radical (unpaired) electrons. The zero-order chi connectivity index (χ0) is 20.8. The summed E-state index contributed by atoms with van der Waals surface area (Å²) in [4.78, 5) is 11.0. The van der Waals surface area contributed by atoms with Crippen LogP contribution in [0.2, 0.25) is 5.02 Å². The van der Waals surface area contributed by atoms with E-state index in [9.17, 15) is 9.90 Å². The van der Waals surface area contributed by atoms with Gasteiger partial charge in [-0.3, -0.25) is 4.79 Å². The summed E-state index contributed by atoms with van der Waals surface area (Å²) in [5.41, 5.74) is 1.45. The minimum atomic E-state index is -0.811. The Balaban J connectivity index is 1.77. The number of hydrogen-bond donors (Lipinski definition) is 2. The average molecular weight is 417 g/mol. The lowest BCUT2D eigenvalue weighted by Gasteiger charge is -2.37. The maximum absolute atomic E-state index is 11.0. The van der Waals surface area contributed by atoms with Crippen molar-refractivity contribution in [2.75, 3.05) is 6.61 Å². The zero-order valence-electron chi connectivity index (χ0n) is 16.2. The third kappa shape index (κ3) is 5.38. The number of phenols is 1. The second kappa shape index (κ2) is 9.92. The zero-order valence-corrected chi connectivity index (χ0v) is 17.0. The van der Waals surface area contributed by atoms with E-state index in [4.69, 9.17) is 26.2 Å². The maximum Gasteiger partial charge on any atom is 0.306 e. The molecule has 0 aromatic heterocycles. The Morgan fingerprint density at radius 3 is 2.55 bits per heavy atom. The number of halogens is 1. The van der Waals surface area contributed by atoms with Crippen molar-refractivity contribution in [3.05, 3.63) is 76.8 Å². The van der Waals surface area contributed by atoms with Gasteiger partial charge >= 0.3 is 5.97 Å². The Labute approximate surface area is 175 Å². The molecule has 2 aromatic carbocycles. The minimum Gasteiger partial charge on any atom is -0.508 e. The van der Waals surface area contributed by atoms with E-state index in [0.717, 1.165) is 5.56 Å². The maximum atomic E-state index is 11.0. The molecule has 4 atom stereocenters. The second-order valence-corrected chi connectivity index (χ2v) is 7.65. The van der Waals surface area contributed by atoms with Crippen molar-refractivity contribution in [3.63, 3.8) is 0 Å². The van der Waals surface area contributed by atoms with Gasteiger partial charge in [-0.15, -0.1) is 0 Å². The largest absolute Gasteiger partial charge is 0.508 e. The molecule has 5 nitrogen and oxygen atoms in total. The van der Waals surface area contributed by atoms with Crippen LogP contribution in [0.25, 0.3) is 0 Å². The van der Waals surface area contributed by atoms with Crippen LogP contribution in [0.1, 0.15) is 43.3 Å². The summed E-state index contributed by atoms with van der Waals surface area (Å²) in [6.07, 6.45) is 3.93. The summed E-state index contributed by atoms with van der Waals surface area (Å²) in [6.45, 7) is 2.10. The molecule has 1 unspecified atom stereocenters. The second-order valence-electron chi connectivity index (χ2n) is 7.24. The van der Waals surface area contributed by atoms with Gasteiger partial charge in [0, 0.05) is 22.1 Å². The van der Waals surface area contributed by atoms with Crippen molar-refractivity contribution in [2.45, 2.75) is 32.2 Å². The van der Waals surface area contributed by atoms with Crippen LogP contribution in [0.15, 0.2) is 60.7 Å². The van der Waals surface area contributed by atoms with Crippen molar-refractivity contribution in [3.8, 4) is 5.75 Å². The summed E-state index contributed by atoms with van der Waals surface area (Å²) in [6, 6.07) is 14.5. The SMILES string of the molecule is CC(CC=CC[C@@H]1CO[C@H](c2ccccc2Cl)O[C@@H]1c1ccccc1O)C(=O)O. The van der Waals surface area contributed by atoms with Crippen LogP contribution in [0.5, 0.6) is 5.75 Å². The summed E-state index contributed by atoms with van der Waals surface area (Å²) in [5.74, 6) is -1.10. The van der Waals surface area contributed by atoms with Crippen LogP contribution in [-0.2, 0) is 14.3 Å². The molecule has 1 saturated heterocycles. The van der Waals surface area contributed by atoms with Gasteiger partial charge in [0.15, 0.2) is 6.29 Å². The van der Waals surface area contributed by atoms with Crippen LogP contribution < -0.4 is 0 Å². The molecular weight excluding hydrogens is 392 g/mol. The number of carboxylic acids is 1. The molecule has 154 valence electrons. The molecule has 1 aliphatic heterocycles. The fourth-order valence-electron chi connectivity index (χ4n) is 3.33. The Hall–Kier alpha value is -2.34. The van der Waals surface area contributed by atoms with E-state index in [-0.39, 0.29) is 17.8 Å². The minimum absolute atomic E-state index is 0.0292. The predicted octanol–water partition coefficient (Wildman–Crippen LogP) is 5.51. The highest BCUT2D eigenvalue weighted by Gasteiger charge is 2.35. The van der Waals surface area contributed by atoms with Crippen molar-refractivity contribution in [2.24, 2.45) is 11.8 Å². The van der Waals surface area contributed by atoms with Gasteiger partial charge in [-0.05, 0) is 25.0 Å². The van der Waals surface area contributed by atoms with E-state index < -0.39 is 18.2 Å². The molecule has 2 aromatic rings. The normalized spacial score (nSPS) is 23.2. The fraction of sp³-hybridized carbons (Fsp3) is 0.348. The molecule has 1 heterocycles. The highest BCUT2D eigenvalue weighted by Crippen LogP contribution is 2.43. The molecule has 6 heteroatoms. The van der Waals surface area contributed by atoms with Gasteiger partial charge in [0.1, 0.15) is 5.75 Å². The number of para-hydroxylation sites is 1. The van der Waals surface area contributed by atoms with Crippen molar-refractivity contribution < 1.29 is 24.5 Å². The third-order valence-corrected chi connectivity index (χ3v) is 5.42. The summed E-state index contributed by atoms with van der Waals surface area (Å²) >= 11 is 6.31. The number of hydrogen-bond acceptors (Lipinski definition) is 4. The Morgan fingerprint density at radius 2 is 1.86 bits per heavy atom. The van der Waals surface area contributed by atoms with Crippen LogP contribution in [0.3, 0.4) is 0 Å². The van der Waals surface area contributed by atoms with E-state index in [1.54, 1.807) is 25.1 Å². The smallest absolute Gasteiger partial charge is 0.306 e. The standard InChI is InChI=1S/C23H25ClO5/c1-15(22(26)27)8-2-3-9-16-14-28-23(17-10-4-6-12-19(17)24)29-21(16)18-11-5-7-13-20(18)25/h2-7,10-13,15-16,21,23,25H,8-9,14H2,1H3,(H,26,27)/t15?,16-,21+,23+/m1/s1. The molecule has 0 amide bonds. The van der Waals surface area contributed by atoms with Gasteiger partial charge in [-0.25, -0.2) is 0 Å². The van der Waals surface area contributed by atoms with Gasteiger partial charge in [-0.2, -0.15) is 0 Å². The Morgan fingerprint density at radius 1 is 1.17 bits per heavy atom. The van der Waals surface area contributed by atoms with Crippen LogP contribution in [0, 0.1) is 11.8 Å². The molecule has 1 aliphatic rings. The van der Waals surface area contributed by atoms with Crippen molar-refractivity contribution in [1.29, 1.82) is 0 Å². The van der Waals surface area contributed by atoms with E-state index in [1.165, 1.54) is 0 Å². The van der Waals surface area contributed by atoms with Crippen LogP contribution in [-0.4, -0.2) is 22.8 Å². The molecule has 1 fully saturated rings. The van der Waals surface area contributed by atoms with E-state index in [2.05, 4.69) is 0 Å². The third-order valence-electron chi connectivity index (χ3n) is 5.08. The van der Waals surface area contributed by atoms with Crippen LogP contribution >= 0.6 is 11.6 Å². The fourth-order valence-corrected chi connectivity index (χ4v) is 3.56. The van der Waals surface area contributed by atoms with Gasteiger partial charge in [0.25, 0.3) is 0 Å². The molecule has 3 rings (SSSR count). The molecule has 0 bridgehead atoms. The van der Waals surface area contributed by atoms with Crippen molar-refractivity contribution >= 4 is 17.6 Å². The quantitative estimate of drug-likeness (QED) is 0.582. The Kier molecular flexibility index (Phi) is 7.31. The first kappa shape index (κ1) is 21.4. The first-order valence-corrected chi connectivity index (χ1v) is 10.0. The number of ether oxygens (including phenoxy) is 2. The number of aliphatic carboxylic acids is 1. The molecule has 0 aliphatic carbocycles. The van der Waals surface area contributed by atoms with Gasteiger partial charge in [0.2, 0.25) is 0 Å². The lowest BCUT2D eigenvalue weighted by Crippen LogP contribution is -2.30. The number of phenolic OH excluding ortho intramolecular Hbond substituents is 1. The number of carbonyl (C=O) groups is 1. The van der Waals surface area contributed by atoms with Crippen LogP contribution in [0.4, 0.5) is 0 Å². The lowest BCUT2D eigenvalue weighted by molar-refractivity contribution is -0.244. The molecular formula is C23H25ClO5. The van der Waals surface area contributed by atoms with Gasteiger partial charge in [-0.1, -0.05) is 67.1 Å². The molecule has 29 heavy (non-hydrogen) atoms. The van der Waals surface area contributed by atoms with Crippen molar-refractivity contribution in [1.82, 2.24) is 0 Å². The number of benzene rings is 2. The highest BCUT2D eigenvalue weighted by atomic mass is 35.5. The number of allylic oxidation sites excluding steroid dienone is 2. The number of rotatable bonds is 7. The number of aromatic hydroxyl groups is 1. The number of carboxylic acid groups (broad SMARTS) is 1. The van der Waals surface area contributed by atoms with E-state index in [0.29, 0.717) is 30.0 Å². The first-order valence-electron chi connectivity index (χ1n) is 9.64. The van der Waals surface area contributed by atoms with E-state index in [1.807, 2.05) is 42.5 Å². The predicted molar refractivity (Wildman–Crippen MR) is 111 cm³/mol. The molecule has 0 spiro atoms. The van der Waals surface area contributed by atoms with Gasteiger partial charge in [0.05, 0.1) is 18.6 Å². The average Bonchev–Trinajstić information content (AvgIpc) is 2.72. The summed E-state index contributed by atoms with van der Waals surface area (Å²) < 4.78 is 12.2. The monoisotopic (exact) mass is 416 g/mol. The van der Waals surface area contributed by atoms with E-state index >= 15 is 0 Å². The summed E-state index contributed by atoms with van der Waals surface area (Å²) in [7, 11) is 0. The topological polar surface area (TPSA) is 76.0 Å². The lowest BCUT2D eigenvalue weighted by atomic mass is 9.91. The van der Waals surface area contributed by atoms with Gasteiger partial charge < -0.3 is 19.7 Å².